The molecule has 1 aromatic rings. The number of hydrogen-bond acceptors (Lipinski definition) is 4. The standard InChI is InChI=1S/C13H21N5/c1-17-7-5-10(6-8-17)18(2)11-3-4-12(13(14)15)16-9-11/h3-4,9-10H,5-8H2,1-2H3,(H3,14,15). The summed E-state index contributed by atoms with van der Waals surface area (Å²) in [6, 6.07) is 4.37. The van der Waals surface area contributed by atoms with Gasteiger partial charge in [-0.15, -0.1) is 0 Å². The molecule has 98 valence electrons. The van der Waals surface area contributed by atoms with Gasteiger partial charge in [0.25, 0.3) is 0 Å². The summed E-state index contributed by atoms with van der Waals surface area (Å²) >= 11 is 0. The van der Waals surface area contributed by atoms with E-state index in [1.54, 1.807) is 6.20 Å². The lowest BCUT2D eigenvalue weighted by Crippen LogP contribution is -2.42. The highest BCUT2D eigenvalue weighted by Gasteiger charge is 2.20. The maximum Gasteiger partial charge on any atom is 0.141 e. The van der Waals surface area contributed by atoms with Gasteiger partial charge in [0.2, 0.25) is 0 Å². The molecule has 0 saturated carbocycles. The number of nitrogens with zero attached hydrogens (tertiary/aromatic N) is 3. The van der Waals surface area contributed by atoms with Crippen molar-refractivity contribution in [3.63, 3.8) is 0 Å². The molecule has 0 atom stereocenters. The minimum atomic E-state index is 0.0171. The highest BCUT2D eigenvalue weighted by Crippen LogP contribution is 2.20. The lowest BCUT2D eigenvalue weighted by atomic mass is 10.0. The number of likely N-dealkylation sites (tertiary alicyclic amines) is 1. The van der Waals surface area contributed by atoms with E-state index in [4.69, 9.17) is 11.1 Å². The van der Waals surface area contributed by atoms with Crippen molar-refractivity contribution in [2.24, 2.45) is 5.73 Å². The van der Waals surface area contributed by atoms with Crippen molar-refractivity contribution in [1.29, 1.82) is 5.41 Å². The van der Waals surface area contributed by atoms with Gasteiger partial charge in [0.1, 0.15) is 11.5 Å². The van der Waals surface area contributed by atoms with E-state index in [1.807, 2.05) is 12.1 Å². The normalized spacial score (nSPS) is 17.7. The molecule has 18 heavy (non-hydrogen) atoms. The minimum absolute atomic E-state index is 0.0171. The second-order valence-corrected chi connectivity index (χ2v) is 4.96. The van der Waals surface area contributed by atoms with Crippen LogP contribution in [0.25, 0.3) is 0 Å². The highest BCUT2D eigenvalue weighted by molar-refractivity contribution is 5.93. The Morgan fingerprint density at radius 3 is 2.61 bits per heavy atom. The molecule has 5 heteroatoms. The van der Waals surface area contributed by atoms with Crippen LogP contribution < -0.4 is 10.6 Å². The summed E-state index contributed by atoms with van der Waals surface area (Å²) in [5, 5.41) is 7.33. The third-order valence-electron chi connectivity index (χ3n) is 3.67. The molecule has 0 aromatic carbocycles. The van der Waals surface area contributed by atoms with Crippen molar-refractivity contribution < 1.29 is 0 Å². The number of anilines is 1. The first-order valence-corrected chi connectivity index (χ1v) is 6.30. The van der Waals surface area contributed by atoms with Crippen molar-refractivity contribution in [2.75, 3.05) is 32.1 Å². The van der Waals surface area contributed by atoms with E-state index in [2.05, 4.69) is 28.9 Å². The van der Waals surface area contributed by atoms with Gasteiger partial charge in [-0.05, 0) is 45.1 Å². The maximum atomic E-state index is 7.33. The second kappa shape index (κ2) is 5.35. The Kier molecular flexibility index (Phi) is 3.81. The highest BCUT2D eigenvalue weighted by atomic mass is 15.2. The van der Waals surface area contributed by atoms with E-state index in [0.29, 0.717) is 11.7 Å². The molecule has 5 nitrogen and oxygen atoms in total. The number of aromatic nitrogens is 1. The van der Waals surface area contributed by atoms with E-state index in [-0.39, 0.29) is 5.84 Å². The van der Waals surface area contributed by atoms with Crippen LogP contribution >= 0.6 is 0 Å². The summed E-state index contributed by atoms with van der Waals surface area (Å²) in [7, 11) is 4.28. The molecule has 1 aliphatic heterocycles. The molecule has 0 aliphatic carbocycles. The minimum Gasteiger partial charge on any atom is -0.382 e. The van der Waals surface area contributed by atoms with E-state index in [0.717, 1.165) is 18.8 Å². The average Bonchev–Trinajstić information content (AvgIpc) is 2.39. The SMILES string of the molecule is CN1CCC(N(C)c2ccc(C(=N)N)nc2)CC1. The summed E-state index contributed by atoms with van der Waals surface area (Å²) in [5.74, 6) is 0.0171. The summed E-state index contributed by atoms with van der Waals surface area (Å²) in [4.78, 5) is 8.85. The van der Waals surface area contributed by atoms with Crippen LogP contribution in [0.1, 0.15) is 18.5 Å². The molecule has 0 amide bonds. The van der Waals surface area contributed by atoms with Crippen molar-refractivity contribution in [3.8, 4) is 0 Å². The van der Waals surface area contributed by atoms with Crippen LogP contribution in [0.4, 0.5) is 5.69 Å². The van der Waals surface area contributed by atoms with E-state index in [9.17, 15) is 0 Å². The fourth-order valence-electron chi connectivity index (χ4n) is 2.35. The number of nitrogens with two attached hydrogens (primary N) is 1. The Morgan fingerprint density at radius 2 is 2.11 bits per heavy atom. The molecular weight excluding hydrogens is 226 g/mol. The molecule has 2 rings (SSSR count). The van der Waals surface area contributed by atoms with Crippen LogP contribution in [0.2, 0.25) is 0 Å². The molecule has 3 N–H and O–H groups in total. The van der Waals surface area contributed by atoms with E-state index >= 15 is 0 Å². The Morgan fingerprint density at radius 1 is 1.44 bits per heavy atom. The molecule has 1 saturated heterocycles. The number of nitrogen functional groups attached to an aromatic ring is 1. The predicted molar refractivity (Wildman–Crippen MR) is 74.2 cm³/mol. The number of nitrogens with one attached hydrogen (secondary N) is 1. The van der Waals surface area contributed by atoms with Crippen LogP contribution in [0.3, 0.4) is 0 Å². The van der Waals surface area contributed by atoms with Crippen molar-refractivity contribution >= 4 is 11.5 Å². The lowest BCUT2D eigenvalue weighted by molar-refractivity contribution is 0.253. The Hall–Kier alpha value is -1.62. The molecule has 1 aliphatic rings. The average molecular weight is 247 g/mol. The molecule has 0 unspecified atom stereocenters. The summed E-state index contributed by atoms with van der Waals surface area (Å²) in [6.45, 7) is 2.29. The Balaban J connectivity index is 2.04. The fourth-order valence-corrected chi connectivity index (χ4v) is 2.35. The van der Waals surface area contributed by atoms with Crippen LogP contribution in [0.5, 0.6) is 0 Å². The zero-order chi connectivity index (χ0) is 13.1. The predicted octanol–water partition coefficient (Wildman–Crippen LogP) is 0.896. The number of pyridine rings is 1. The zero-order valence-corrected chi connectivity index (χ0v) is 11.1. The second-order valence-electron chi connectivity index (χ2n) is 4.96. The van der Waals surface area contributed by atoms with Crippen LogP contribution in [-0.2, 0) is 0 Å². The lowest BCUT2D eigenvalue weighted by Gasteiger charge is -2.36. The van der Waals surface area contributed by atoms with Crippen LogP contribution in [0, 0.1) is 5.41 Å². The van der Waals surface area contributed by atoms with Gasteiger partial charge in [-0.25, -0.2) is 0 Å². The number of piperidine rings is 1. The van der Waals surface area contributed by atoms with Gasteiger partial charge in [0.15, 0.2) is 0 Å². The summed E-state index contributed by atoms with van der Waals surface area (Å²) in [6.07, 6.45) is 4.16. The number of hydrogen-bond donors (Lipinski definition) is 2. The van der Waals surface area contributed by atoms with E-state index < -0.39 is 0 Å². The van der Waals surface area contributed by atoms with Crippen molar-refractivity contribution in [2.45, 2.75) is 18.9 Å². The summed E-state index contributed by atoms with van der Waals surface area (Å²) < 4.78 is 0. The monoisotopic (exact) mass is 247 g/mol. The Bertz CT molecular complexity index is 406. The molecular formula is C13H21N5. The third-order valence-corrected chi connectivity index (χ3v) is 3.67. The first-order chi connectivity index (χ1) is 8.58. The fraction of sp³-hybridized carbons (Fsp3) is 0.538. The first-order valence-electron chi connectivity index (χ1n) is 6.30. The van der Waals surface area contributed by atoms with Gasteiger partial charge in [0.05, 0.1) is 11.9 Å². The quantitative estimate of drug-likeness (QED) is 0.615. The van der Waals surface area contributed by atoms with Gasteiger partial charge >= 0.3 is 0 Å². The smallest absolute Gasteiger partial charge is 0.141 e. The van der Waals surface area contributed by atoms with Gasteiger partial charge in [0, 0.05) is 13.1 Å². The summed E-state index contributed by atoms with van der Waals surface area (Å²) in [5.41, 5.74) is 7.03. The van der Waals surface area contributed by atoms with Crippen LogP contribution in [0.15, 0.2) is 18.3 Å². The number of amidine groups is 1. The van der Waals surface area contributed by atoms with Gasteiger partial charge in [-0.1, -0.05) is 0 Å². The van der Waals surface area contributed by atoms with Gasteiger partial charge < -0.3 is 15.5 Å². The third kappa shape index (κ3) is 2.79. The number of rotatable bonds is 3. The Labute approximate surface area is 108 Å². The van der Waals surface area contributed by atoms with Gasteiger partial charge in [-0.2, -0.15) is 0 Å². The van der Waals surface area contributed by atoms with E-state index in [1.165, 1.54) is 12.8 Å². The molecule has 0 bridgehead atoms. The molecule has 0 radical (unpaired) electrons. The molecule has 0 spiro atoms. The van der Waals surface area contributed by atoms with Crippen LogP contribution in [-0.4, -0.2) is 48.9 Å². The maximum absolute atomic E-state index is 7.33. The largest absolute Gasteiger partial charge is 0.382 e. The zero-order valence-electron chi connectivity index (χ0n) is 11.1. The van der Waals surface area contributed by atoms with Crippen molar-refractivity contribution in [1.82, 2.24) is 9.88 Å². The molecule has 1 fully saturated rings. The first kappa shape index (κ1) is 12.8. The topological polar surface area (TPSA) is 69.2 Å². The molecule has 1 aromatic heterocycles. The molecule has 2 heterocycles. The van der Waals surface area contributed by atoms with Gasteiger partial charge in [-0.3, -0.25) is 10.4 Å². The van der Waals surface area contributed by atoms with Crippen molar-refractivity contribution in [3.05, 3.63) is 24.0 Å².